The number of ether oxygens (including phenoxy) is 1. The van der Waals surface area contributed by atoms with Gasteiger partial charge in [-0.25, -0.2) is 13.6 Å². The van der Waals surface area contributed by atoms with Gasteiger partial charge in [-0.15, -0.1) is 0 Å². The van der Waals surface area contributed by atoms with Crippen molar-refractivity contribution in [2.75, 3.05) is 19.0 Å². The largest absolute Gasteiger partial charge is 0.495 e. The highest BCUT2D eigenvalue weighted by molar-refractivity contribution is 6.31. The molecule has 2 N–H and O–H groups in total. The zero-order valence-electron chi connectivity index (χ0n) is 18.2. The normalized spacial score (nSPS) is 11.5. The molecule has 0 amide bonds. The highest BCUT2D eigenvalue weighted by atomic mass is 35.5. The molecule has 0 aliphatic rings. The third-order valence-electron chi connectivity index (χ3n) is 5.34. The number of pyridine rings is 1. The molecule has 1 atom stereocenters. The summed E-state index contributed by atoms with van der Waals surface area (Å²) >= 11 is 6.08. The van der Waals surface area contributed by atoms with Crippen molar-refractivity contribution in [2.24, 2.45) is 0 Å². The van der Waals surface area contributed by atoms with Crippen molar-refractivity contribution in [1.82, 2.24) is 4.57 Å². The fourth-order valence-electron chi connectivity index (χ4n) is 3.54. The van der Waals surface area contributed by atoms with Crippen LogP contribution in [0.25, 0.3) is 11.1 Å². The summed E-state index contributed by atoms with van der Waals surface area (Å²) in [5, 5.41) is 21.5. The van der Waals surface area contributed by atoms with Gasteiger partial charge in [0, 0.05) is 34.8 Å². The molecule has 0 radical (unpaired) electrons. The van der Waals surface area contributed by atoms with Crippen molar-refractivity contribution in [3.8, 4) is 22.9 Å². The van der Waals surface area contributed by atoms with Crippen molar-refractivity contribution < 1.29 is 23.4 Å². The first-order valence-electron chi connectivity index (χ1n) is 10.2. The molecule has 3 rings (SSSR count). The number of aromatic carboxylic acids is 1. The Hall–Kier alpha value is -3.90. The lowest BCUT2D eigenvalue weighted by Gasteiger charge is -2.22. The Morgan fingerprint density at radius 1 is 1.24 bits per heavy atom. The van der Waals surface area contributed by atoms with E-state index in [-0.39, 0.29) is 12.2 Å². The van der Waals surface area contributed by atoms with Crippen LogP contribution in [0.5, 0.6) is 5.75 Å². The smallest absolute Gasteiger partial charge is 0.338 e. The van der Waals surface area contributed by atoms with E-state index in [9.17, 15) is 23.6 Å². The van der Waals surface area contributed by atoms with Gasteiger partial charge in [-0.3, -0.25) is 4.79 Å². The number of nitrogens with one attached hydrogen (secondary N) is 1. The second-order valence-corrected chi connectivity index (χ2v) is 7.80. The van der Waals surface area contributed by atoms with Crippen LogP contribution in [0.3, 0.4) is 0 Å². The molecule has 7 nitrogen and oxygen atoms in total. The minimum atomic E-state index is -1.58. The predicted octanol–water partition coefficient (Wildman–Crippen LogP) is 5.09. The molecule has 0 aliphatic carbocycles. The zero-order chi connectivity index (χ0) is 25.0. The number of methoxy groups -OCH3 is 1. The van der Waals surface area contributed by atoms with E-state index in [0.29, 0.717) is 39.9 Å². The molecule has 10 heteroatoms. The van der Waals surface area contributed by atoms with Gasteiger partial charge >= 0.3 is 5.97 Å². The average molecular weight is 488 g/mol. The summed E-state index contributed by atoms with van der Waals surface area (Å²) in [7, 11) is 1.42. The Kier molecular flexibility index (Phi) is 7.54. The summed E-state index contributed by atoms with van der Waals surface area (Å²) < 4.78 is 35.1. The van der Waals surface area contributed by atoms with E-state index >= 15 is 0 Å². The van der Waals surface area contributed by atoms with Gasteiger partial charge in [0.05, 0.1) is 42.2 Å². The lowest BCUT2D eigenvalue weighted by atomic mass is 10.00. The number of nitrogens with zero attached hydrogens (tertiary/aromatic N) is 2. The Labute approximate surface area is 198 Å². The van der Waals surface area contributed by atoms with Gasteiger partial charge in [-0.05, 0) is 30.7 Å². The Bertz CT molecular complexity index is 1350. The highest BCUT2D eigenvalue weighted by Crippen LogP contribution is 2.33. The second-order valence-electron chi connectivity index (χ2n) is 7.36. The van der Waals surface area contributed by atoms with Crippen molar-refractivity contribution >= 4 is 23.3 Å². The number of anilines is 1. The SMILES string of the molecule is CC[C@@H](CNc1cc(F)c(C(=O)O)cc1F)n1cc(OC)c(-c2cc(Cl)ccc2C#N)cc1=O. The maximum atomic E-state index is 14.3. The summed E-state index contributed by atoms with van der Waals surface area (Å²) in [6.07, 6.45) is 1.94. The summed E-state index contributed by atoms with van der Waals surface area (Å²) in [5.41, 5.74) is -0.252. The number of aromatic nitrogens is 1. The molecule has 3 aromatic rings. The van der Waals surface area contributed by atoms with E-state index in [1.54, 1.807) is 18.2 Å². The van der Waals surface area contributed by atoms with Crippen molar-refractivity contribution in [1.29, 1.82) is 5.26 Å². The molecule has 1 aromatic heterocycles. The number of nitriles is 1. The van der Waals surface area contributed by atoms with Gasteiger partial charge in [-0.1, -0.05) is 18.5 Å². The van der Waals surface area contributed by atoms with Crippen LogP contribution in [0, 0.1) is 23.0 Å². The quantitative estimate of drug-likeness (QED) is 0.458. The molecular formula is C24H20ClF2N3O4. The third kappa shape index (κ3) is 5.02. The summed E-state index contributed by atoms with van der Waals surface area (Å²) in [6.45, 7) is 1.86. The number of carbonyl (C=O) groups is 1. The fraction of sp³-hybridized carbons (Fsp3) is 0.208. The maximum absolute atomic E-state index is 14.3. The van der Waals surface area contributed by atoms with Crippen LogP contribution in [-0.2, 0) is 0 Å². The van der Waals surface area contributed by atoms with Crippen LogP contribution < -0.4 is 15.6 Å². The van der Waals surface area contributed by atoms with E-state index in [1.807, 2.05) is 6.92 Å². The van der Waals surface area contributed by atoms with Crippen LogP contribution in [0.4, 0.5) is 14.5 Å². The molecule has 0 saturated heterocycles. The van der Waals surface area contributed by atoms with Gasteiger partial charge in [0.15, 0.2) is 0 Å². The molecule has 0 fully saturated rings. The van der Waals surface area contributed by atoms with Gasteiger partial charge in [0.25, 0.3) is 5.56 Å². The first-order valence-corrected chi connectivity index (χ1v) is 10.5. The number of halogens is 3. The van der Waals surface area contributed by atoms with Crippen LogP contribution in [0.2, 0.25) is 5.02 Å². The molecule has 2 aromatic carbocycles. The summed E-state index contributed by atoms with van der Waals surface area (Å²) in [4.78, 5) is 24.0. The van der Waals surface area contributed by atoms with Crippen LogP contribution >= 0.6 is 11.6 Å². The van der Waals surface area contributed by atoms with E-state index in [4.69, 9.17) is 21.4 Å². The lowest BCUT2D eigenvalue weighted by Crippen LogP contribution is -2.28. The van der Waals surface area contributed by atoms with E-state index in [2.05, 4.69) is 11.4 Å². The van der Waals surface area contributed by atoms with Crippen molar-refractivity contribution in [2.45, 2.75) is 19.4 Å². The minimum absolute atomic E-state index is 0.0439. The topological polar surface area (TPSA) is 104 Å². The molecule has 0 spiro atoms. The maximum Gasteiger partial charge on any atom is 0.338 e. The number of carboxylic acids is 1. The molecule has 0 unspecified atom stereocenters. The first kappa shape index (κ1) is 24.7. The van der Waals surface area contributed by atoms with Crippen LogP contribution in [0.15, 0.2) is 47.4 Å². The standard InChI is InChI=1S/C24H20ClF2N3O4/c1-3-15(11-29-21-9-19(26)18(24(32)33)7-20(21)27)30-12-22(34-2)17(8-23(30)31)16-6-14(25)5-4-13(16)10-28/h4-9,12,15,29H,3,11H2,1-2H3,(H,32,33)/t15-/m0/s1. The number of benzene rings is 2. The van der Waals surface area contributed by atoms with Crippen molar-refractivity contribution in [3.63, 3.8) is 0 Å². The summed E-state index contributed by atoms with van der Waals surface area (Å²) in [5.74, 6) is -3.27. The van der Waals surface area contributed by atoms with Crippen molar-refractivity contribution in [3.05, 3.63) is 80.7 Å². The molecule has 34 heavy (non-hydrogen) atoms. The number of carboxylic acid groups (broad SMARTS) is 1. The Morgan fingerprint density at radius 3 is 2.59 bits per heavy atom. The second kappa shape index (κ2) is 10.4. The molecular weight excluding hydrogens is 468 g/mol. The lowest BCUT2D eigenvalue weighted by molar-refractivity contribution is 0.0691. The number of rotatable bonds is 8. The first-order chi connectivity index (χ1) is 16.2. The van der Waals surface area contributed by atoms with Crippen LogP contribution in [-0.4, -0.2) is 29.3 Å². The Balaban J connectivity index is 1.96. The van der Waals surface area contributed by atoms with Crippen LogP contribution in [0.1, 0.15) is 35.3 Å². The third-order valence-corrected chi connectivity index (χ3v) is 5.57. The molecule has 1 heterocycles. The zero-order valence-corrected chi connectivity index (χ0v) is 19.0. The molecule has 0 aliphatic heterocycles. The highest BCUT2D eigenvalue weighted by Gasteiger charge is 2.19. The van der Waals surface area contributed by atoms with Gasteiger partial charge < -0.3 is 19.7 Å². The Morgan fingerprint density at radius 2 is 1.97 bits per heavy atom. The minimum Gasteiger partial charge on any atom is -0.495 e. The molecule has 176 valence electrons. The van der Waals surface area contributed by atoms with E-state index in [1.165, 1.54) is 23.9 Å². The molecule has 0 saturated carbocycles. The molecule has 0 bridgehead atoms. The van der Waals surface area contributed by atoms with Gasteiger partial charge in [-0.2, -0.15) is 5.26 Å². The van der Waals surface area contributed by atoms with E-state index < -0.39 is 34.8 Å². The van der Waals surface area contributed by atoms with E-state index in [0.717, 1.165) is 6.07 Å². The summed E-state index contributed by atoms with van der Waals surface area (Å²) in [6, 6.07) is 8.96. The number of hydrogen-bond donors (Lipinski definition) is 2. The number of hydrogen-bond acceptors (Lipinski definition) is 5. The fourth-order valence-corrected chi connectivity index (χ4v) is 3.71. The monoisotopic (exact) mass is 487 g/mol. The average Bonchev–Trinajstić information content (AvgIpc) is 2.81. The predicted molar refractivity (Wildman–Crippen MR) is 124 cm³/mol. The van der Waals surface area contributed by atoms with Gasteiger partial charge in [0.1, 0.15) is 17.4 Å². The van der Waals surface area contributed by atoms with Gasteiger partial charge in [0.2, 0.25) is 0 Å².